The van der Waals surface area contributed by atoms with Crippen molar-refractivity contribution in [2.75, 3.05) is 23.3 Å². The SMILES string of the molecule is NCC[C@@H]1CN(c2ccc3c(c2)NC=CS3)C(=O)O1. The van der Waals surface area contributed by atoms with Crippen LogP contribution in [0.5, 0.6) is 0 Å². The summed E-state index contributed by atoms with van der Waals surface area (Å²) in [5.74, 6) is 0. The van der Waals surface area contributed by atoms with Gasteiger partial charge in [0, 0.05) is 16.8 Å². The Morgan fingerprint density at radius 3 is 3.26 bits per heavy atom. The van der Waals surface area contributed by atoms with Crippen molar-refractivity contribution in [3.8, 4) is 0 Å². The van der Waals surface area contributed by atoms with Gasteiger partial charge >= 0.3 is 6.09 Å². The summed E-state index contributed by atoms with van der Waals surface area (Å²) in [5, 5.41) is 5.17. The fourth-order valence-corrected chi connectivity index (χ4v) is 2.88. The van der Waals surface area contributed by atoms with Crippen LogP contribution in [0, 0.1) is 0 Å². The molecule has 0 spiro atoms. The first-order chi connectivity index (χ1) is 9.28. The highest BCUT2D eigenvalue weighted by Gasteiger charge is 2.32. The van der Waals surface area contributed by atoms with Crippen LogP contribution in [0.2, 0.25) is 0 Å². The van der Waals surface area contributed by atoms with E-state index in [1.807, 2.05) is 29.8 Å². The first kappa shape index (κ1) is 12.4. The highest BCUT2D eigenvalue weighted by atomic mass is 32.2. The van der Waals surface area contributed by atoms with E-state index in [-0.39, 0.29) is 12.2 Å². The molecule has 1 saturated heterocycles. The van der Waals surface area contributed by atoms with Gasteiger partial charge in [-0.15, -0.1) is 0 Å². The third kappa shape index (κ3) is 2.41. The summed E-state index contributed by atoms with van der Waals surface area (Å²) >= 11 is 1.66. The molecule has 2 heterocycles. The number of benzene rings is 1. The van der Waals surface area contributed by atoms with E-state index < -0.39 is 0 Å². The van der Waals surface area contributed by atoms with Gasteiger partial charge in [0.2, 0.25) is 0 Å². The Bertz CT molecular complexity index is 533. The van der Waals surface area contributed by atoms with Crippen molar-refractivity contribution >= 4 is 29.2 Å². The second-order valence-corrected chi connectivity index (χ2v) is 5.39. The van der Waals surface area contributed by atoms with Gasteiger partial charge in [0.1, 0.15) is 6.10 Å². The third-order valence-corrected chi connectivity index (χ3v) is 4.02. The highest BCUT2D eigenvalue weighted by molar-refractivity contribution is 8.02. The standard InChI is InChI=1S/C13H15N3O2S/c14-4-3-10-8-16(13(17)18-10)9-1-2-12-11(7-9)15-5-6-19-12/h1-2,5-7,10,15H,3-4,8,14H2/t10-/m1/s1. The molecule has 1 aromatic rings. The molecule has 1 atom stereocenters. The largest absolute Gasteiger partial charge is 0.444 e. The van der Waals surface area contributed by atoms with Gasteiger partial charge in [-0.25, -0.2) is 4.79 Å². The number of hydrogen-bond donors (Lipinski definition) is 2. The summed E-state index contributed by atoms with van der Waals surface area (Å²) < 4.78 is 5.28. The van der Waals surface area contributed by atoms with Gasteiger partial charge in [0.15, 0.2) is 0 Å². The Morgan fingerprint density at radius 1 is 1.53 bits per heavy atom. The van der Waals surface area contributed by atoms with Crippen LogP contribution in [-0.4, -0.2) is 25.3 Å². The molecule has 0 radical (unpaired) electrons. The van der Waals surface area contributed by atoms with Crippen molar-refractivity contribution in [2.45, 2.75) is 17.4 Å². The predicted octanol–water partition coefficient (Wildman–Crippen LogP) is 2.35. The van der Waals surface area contributed by atoms with E-state index >= 15 is 0 Å². The van der Waals surface area contributed by atoms with Crippen LogP contribution in [0.25, 0.3) is 0 Å². The molecule has 0 saturated carbocycles. The summed E-state index contributed by atoms with van der Waals surface area (Å²) in [4.78, 5) is 14.7. The van der Waals surface area contributed by atoms with Crippen molar-refractivity contribution in [2.24, 2.45) is 5.73 Å². The average Bonchev–Trinajstić information content (AvgIpc) is 2.79. The maximum absolute atomic E-state index is 11.9. The van der Waals surface area contributed by atoms with E-state index in [1.165, 1.54) is 0 Å². The maximum Gasteiger partial charge on any atom is 0.414 e. The lowest BCUT2D eigenvalue weighted by atomic mass is 10.2. The zero-order chi connectivity index (χ0) is 13.2. The Labute approximate surface area is 115 Å². The van der Waals surface area contributed by atoms with Crippen LogP contribution < -0.4 is 16.0 Å². The average molecular weight is 277 g/mol. The van der Waals surface area contributed by atoms with Crippen LogP contribution in [0.15, 0.2) is 34.7 Å². The minimum Gasteiger partial charge on any atom is -0.444 e. The van der Waals surface area contributed by atoms with Gasteiger partial charge in [-0.2, -0.15) is 0 Å². The van der Waals surface area contributed by atoms with E-state index in [0.717, 1.165) is 16.3 Å². The molecule has 3 N–H and O–H groups in total. The number of nitrogens with one attached hydrogen (secondary N) is 1. The summed E-state index contributed by atoms with van der Waals surface area (Å²) in [7, 11) is 0. The lowest BCUT2D eigenvalue weighted by molar-refractivity contribution is 0.138. The molecule has 1 aromatic carbocycles. The maximum atomic E-state index is 11.9. The number of nitrogens with zero attached hydrogens (tertiary/aromatic N) is 1. The number of carbonyl (C=O) groups is 1. The molecule has 0 aliphatic carbocycles. The number of carbonyl (C=O) groups excluding carboxylic acids is 1. The van der Waals surface area contributed by atoms with Gasteiger partial charge in [-0.05, 0) is 36.6 Å². The zero-order valence-corrected chi connectivity index (χ0v) is 11.2. The van der Waals surface area contributed by atoms with Crippen LogP contribution in [0.1, 0.15) is 6.42 Å². The Balaban J connectivity index is 1.81. The van der Waals surface area contributed by atoms with Gasteiger partial charge in [0.05, 0.1) is 12.2 Å². The molecule has 19 heavy (non-hydrogen) atoms. The number of cyclic esters (lactones) is 1. The molecule has 0 unspecified atom stereocenters. The number of thioether (sulfide) groups is 1. The summed E-state index contributed by atoms with van der Waals surface area (Å²) in [5.41, 5.74) is 7.37. The second kappa shape index (κ2) is 5.14. The summed E-state index contributed by atoms with van der Waals surface area (Å²) in [6, 6.07) is 5.92. The van der Waals surface area contributed by atoms with Gasteiger partial charge < -0.3 is 15.8 Å². The number of nitrogens with two attached hydrogens (primary N) is 1. The third-order valence-electron chi connectivity index (χ3n) is 3.14. The van der Waals surface area contributed by atoms with E-state index in [0.29, 0.717) is 19.5 Å². The highest BCUT2D eigenvalue weighted by Crippen LogP contribution is 2.35. The zero-order valence-electron chi connectivity index (χ0n) is 10.3. The number of rotatable bonds is 3. The quantitative estimate of drug-likeness (QED) is 0.887. The van der Waals surface area contributed by atoms with Gasteiger partial charge in [-0.3, -0.25) is 4.90 Å². The summed E-state index contributed by atoms with van der Waals surface area (Å²) in [6.07, 6.45) is 2.19. The molecular formula is C13H15N3O2S. The Hall–Kier alpha value is -1.66. The number of hydrogen-bond acceptors (Lipinski definition) is 5. The molecule has 100 valence electrons. The molecular weight excluding hydrogens is 262 g/mol. The fourth-order valence-electron chi connectivity index (χ4n) is 2.20. The Kier molecular flexibility index (Phi) is 3.35. The molecule has 1 amide bonds. The summed E-state index contributed by atoms with van der Waals surface area (Å²) in [6.45, 7) is 1.09. The first-order valence-corrected chi connectivity index (χ1v) is 7.06. The Morgan fingerprint density at radius 2 is 2.42 bits per heavy atom. The van der Waals surface area contributed by atoms with Crippen molar-refractivity contribution in [1.29, 1.82) is 0 Å². The number of fused-ring (bicyclic) bond motifs is 1. The van der Waals surface area contributed by atoms with Crippen molar-refractivity contribution in [3.63, 3.8) is 0 Å². The minimum absolute atomic E-state index is 0.101. The second-order valence-electron chi connectivity index (χ2n) is 4.44. The lowest BCUT2D eigenvalue weighted by Crippen LogP contribution is -2.25. The monoisotopic (exact) mass is 277 g/mol. The molecule has 2 aliphatic heterocycles. The number of anilines is 2. The topological polar surface area (TPSA) is 67.6 Å². The minimum atomic E-state index is -0.294. The molecule has 2 aliphatic rings. The molecule has 0 aromatic heterocycles. The van der Waals surface area contributed by atoms with Gasteiger partial charge in [0.25, 0.3) is 0 Å². The smallest absolute Gasteiger partial charge is 0.414 e. The molecule has 3 rings (SSSR count). The van der Waals surface area contributed by atoms with E-state index in [2.05, 4.69) is 5.32 Å². The number of ether oxygens (including phenoxy) is 1. The van der Waals surface area contributed by atoms with Crippen molar-refractivity contribution in [1.82, 2.24) is 0 Å². The van der Waals surface area contributed by atoms with Crippen LogP contribution in [0.4, 0.5) is 16.2 Å². The van der Waals surface area contributed by atoms with E-state index in [9.17, 15) is 4.79 Å². The molecule has 0 bridgehead atoms. The van der Waals surface area contributed by atoms with Crippen molar-refractivity contribution in [3.05, 3.63) is 29.8 Å². The number of amides is 1. The molecule has 5 nitrogen and oxygen atoms in total. The van der Waals surface area contributed by atoms with Gasteiger partial charge in [-0.1, -0.05) is 11.8 Å². The van der Waals surface area contributed by atoms with Crippen LogP contribution in [-0.2, 0) is 4.74 Å². The van der Waals surface area contributed by atoms with E-state index in [1.54, 1.807) is 16.7 Å². The molecule has 6 heteroatoms. The van der Waals surface area contributed by atoms with E-state index in [4.69, 9.17) is 10.5 Å². The predicted molar refractivity (Wildman–Crippen MR) is 76.3 cm³/mol. The van der Waals surface area contributed by atoms with Crippen LogP contribution in [0.3, 0.4) is 0 Å². The normalized spacial score (nSPS) is 21.0. The fraction of sp³-hybridized carbons (Fsp3) is 0.308. The lowest BCUT2D eigenvalue weighted by Gasteiger charge is -2.17. The first-order valence-electron chi connectivity index (χ1n) is 6.18. The van der Waals surface area contributed by atoms with Crippen LogP contribution >= 0.6 is 11.8 Å². The molecule has 1 fully saturated rings. The van der Waals surface area contributed by atoms with Crippen molar-refractivity contribution < 1.29 is 9.53 Å².